The van der Waals surface area contributed by atoms with Crippen LogP contribution in [0.2, 0.25) is 0 Å². The molecule has 7 heteroatoms. The summed E-state index contributed by atoms with van der Waals surface area (Å²) in [6.07, 6.45) is 0. The van der Waals surface area contributed by atoms with Crippen molar-refractivity contribution in [2.24, 2.45) is 0 Å². The fourth-order valence-corrected chi connectivity index (χ4v) is 1.36. The zero-order chi connectivity index (χ0) is 12.9. The minimum atomic E-state index is -4.49. The molecule has 0 amide bonds. The van der Waals surface area contributed by atoms with E-state index in [1.807, 2.05) is 0 Å². The number of rotatable bonds is 5. The molecule has 6 nitrogen and oxygen atoms in total. The van der Waals surface area contributed by atoms with E-state index in [1.165, 1.54) is 19.1 Å². The Morgan fingerprint density at radius 1 is 1.35 bits per heavy atom. The lowest BCUT2D eigenvalue weighted by Gasteiger charge is -2.10. The molecular weight excluding hydrogens is 247 g/mol. The van der Waals surface area contributed by atoms with E-state index in [9.17, 15) is 14.3 Å². The second-order valence-electron chi connectivity index (χ2n) is 3.10. The molecule has 0 aliphatic carbocycles. The molecule has 92 valence electrons. The van der Waals surface area contributed by atoms with Crippen molar-refractivity contribution >= 4 is 13.8 Å². The lowest BCUT2D eigenvalue weighted by Crippen LogP contribution is -2.06. The zero-order valence-corrected chi connectivity index (χ0v) is 9.92. The van der Waals surface area contributed by atoms with Crippen molar-refractivity contribution in [3.05, 3.63) is 42.5 Å². The van der Waals surface area contributed by atoms with Crippen LogP contribution in [0, 0.1) is 0 Å². The third-order valence-electron chi connectivity index (χ3n) is 1.52. The summed E-state index contributed by atoms with van der Waals surface area (Å²) in [5.41, 5.74) is 0.0321. The Balaban J connectivity index is 2.55. The first-order chi connectivity index (χ1) is 7.91. The van der Waals surface area contributed by atoms with Gasteiger partial charge in [-0.25, -0.2) is 9.36 Å². The normalized spacial score (nSPS) is 13.5. The maximum absolute atomic E-state index is 11.3. The molecule has 0 saturated carbocycles. The number of hydrogen-bond donors (Lipinski definition) is 1. The highest BCUT2D eigenvalue weighted by Gasteiger charge is 2.27. The fourth-order valence-electron chi connectivity index (χ4n) is 0.782. The minimum absolute atomic E-state index is 0.0321. The van der Waals surface area contributed by atoms with Crippen molar-refractivity contribution in [1.82, 2.24) is 0 Å². The molecule has 0 heterocycles. The molecule has 1 N–H and O–H groups in total. The average Bonchev–Trinajstić information content (AvgIpc) is 2.26. The molecule has 0 spiro atoms. The Kier molecular flexibility index (Phi) is 4.45. The van der Waals surface area contributed by atoms with Gasteiger partial charge in [0.1, 0.15) is 5.75 Å². The molecule has 1 unspecified atom stereocenters. The lowest BCUT2D eigenvalue weighted by atomic mass is 10.3. The monoisotopic (exact) mass is 258 g/mol. The quantitative estimate of drug-likeness (QED) is 0.377. The van der Waals surface area contributed by atoms with Crippen molar-refractivity contribution in [2.45, 2.75) is 6.92 Å². The second-order valence-corrected chi connectivity index (χ2v) is 4.37. The minimum Gasteiger partial charge on any atom is -0.402 e. The molecule has 0 aromatic heterocycles. The number of carbonyl (C=O) groups is 1. The Hall–Kier alpha value is -1.62. The van der Waals surface area contributed by atoms with Crippen LogP contribution >= 0.6 is 7.82 Å². The van der Waals surface area contributed by atoms with Gasteiger partial charge in [0.2, 0.25) is 0 Å². The number of phosphoric ester groups is 1. The van der Waals surface area contributed by atoms with Gasteiger partial charge in [0, 0.05) is 5.57 Å². The van der Waals surface area contributed by atoms with Crippen molar-refractivity contribution < 1.29 is 28.3 Å². The molecule has 0 aliphatic heterocycles. The summed E-state index contributed by atoms with van der Waals surface area (Å²) < 4.78 is 20.0. The van der Waals surface area contributed by atoms with Crippen LogP contribution in [0.15, 0.2) is 42.5 Å². The van der Waals surface area contributed by atoms with Crippen molar-refractivity contribution in [3.8, 4) is 5.75 Å². The third-order valence-corrected chi connectivity index (χ3v) is 2.22. The van der Waals surface area contributed by atoms with Crippen LogP contribution < -0.4 is 4.52 Å². The highest BCUT2D eigenvalue weighted by atomic mass is 31.2. The molecule has 1 aromatic rings. The van der Waals surface area contributed by atoms with Crippen molar-refractivity contribution in [2.75, 3.05) is 0 Å². The van der Waals surface area contributed by atoms with E-state index in [0.29, 0.717) is 0 Å². The standard InChI is InChI=1S/C10H11O6P/c1-8(2)10(11)14-16-17(12,13)15-9-6-4-3-5-7-9/h3-7H,1H2,2H3,(H,12,13). The van der Waals surface area contributed by atoms with E-state index in [1.54, 1.807) is 18.2 Å². The first-order valence-electron chi connectivity index (χ1n) is 4.54. The number of carbonyl (C=O) groups excluding carboxylic acids is 1. The summed E-state index contributed by atoms with van der Waals surface area (Å²) in [7, 11) is -4.49. The predicted molar refractivity (Wildman–Crippen MR) is 58.9 cm³/mol. The van der Waals surface area contributed by atoms with Crippen LogP contribution in [-0.4, -0.2) is 10.9 Å². The summed E-state index contributed by atoms with van der Waals surface area (Å²) in [6, 6.07) is 7.82. The number of para-hydroxylation sites is 1. The first kappa shape index (κ1) is 13.4. The summed E-state index contributed by atoms with van der Waals surface area (Å²) in [5, 5.41) is 0. The van der Waals surface area contributed by atoms with Crippen LogP contribution in [0.3, 0.4) is 0 Å². The topological polar surface area (TPSA) is 82.1 Å². The van der Waals surface area contributed by atoms with Gasteiger partial charge in [0.25, 0.3) is 0 Å². The summed E-state index contributed by atoms with van der Waals surface area (Å²) in [4.78, 5) is 24.2. The van der Waals surface area contributed by atoms with E-state index < -0.39 is 13.8 Å². The van der Waals surface area contributed by atoms with Gasteiger partial charge in [-0.15, -0.1) is 0 Å². The molecule has 0 aliphatic rings. The Morgan fingerprint density at radius 2 is 1.94 bits per heavy atom. The Bertz CT molecular complexity index is 455. The maximum Gasteiger partial charge on any atom is 0.564 e. The van der Waals surface area contributed by atoms with Gasteiger partial charge in [-0.3, -0.25) is 9.78 Å². The van der Waals surface area contributed by atoms with Crippen LogP contribution in [0.1, 0.15) is 6.92 Å². The SMILES string of the molecule is C=C(C)C(=O)OOP(=O)(O)Oc1ccccc1. The number of hydrogen-bond acceptors (Lipinski definition) is 5. The highest BCUT2D eigenvalue weighted by Crippen LogP contribution is 2.43. The van der Waals surface area contributed by atoms with Crippen molar-refractivity contribution in [1.29, 1.82) is 0 Å². The first-order valence-corrected chi connectivity index (χ1v) is 6.04. The molecule has 0 radical (unpaired) electrons. The van der Waals surface area contributed by atoms with Crippen LogP contribution in [-0.2, 0) is 18.9 Å². The number of benzene rings is 1. The molecule has 1 rings (SSSR count). The largest absolute Gasteiger partial charge is 0.564 e. The summed E-state index contributed by atoms with van der Waals surface area (Å²) >= 11 is 0. The average molecular weight is 258 g/mol. The van der Waals surface area contributed by atoms with E-state index in [4.69, 9.17) is 0 Å². The molecule has 0 saturated heterocycles. The zero-order valence-electron chi connectivity index (χ0n) is 9.03. The van der Waals surface area contributed by atoms with E-state index in [2.05, 4.69) is 20.7 Å². The van der Waals surface area contributed by atoms with Gasteiger partial charge in [0.15, 0.2) is 0 Å². The van der Waals surface area contributed by atoms with Gasteiger partial charge >= 0.3 is 13.8 Å². The van der Waals surface area contributed by atoms with Gasteiger partial charge in [-0.05, 0) is 19.1 Å². The summed E-state index contributed by atoms with van der Waals surface area (Å²) in [5.74, 6) is -0.833. The molecule has 1 atom stereocenters. The Morgan fingerprint density at radius 3 is 2.47 bits per heavy atom. The molecule has 0 bridgehead atoms. The fraction of sp³-hybridized carbons (Fsp3) is 0.100. The second kappa shape index (κ2) is 5.63. The van der Waals surface area contributed by atoms with Crippen molar-refractivity contribution in [3.63, 3.8) is 0 Å². The summed E-state index contributed by atoms with van der Waals surface area (Å²) in [6.45, 7) is 4.64. The molecule has 1 aromatic carbocycles. The van der Waals surface area contributed by atoms with E-state index in [-0.39, 0.29) is 11.3 Å². The van der Waals surface area contributed by atoms with Gasteiger partial charge in [-0.1, -0.05) is 29.5 Å². The molecule has 17 heavy (non-hydrogen) atoms. The smallest absolute Gasteiger partial charge is 0.402 e. The lowest BCUT2D eigenvalue weighted by molar-refractivity contribution is -0.216. The third kappa shape index (κ3) is 4.82. The predicted octanol–water partition coefficient (Wildman–Crippen LogP) is 2.22. The van der Waals surface area contributed by atoms with Crippen LogP contribution in [0.25, 0.3) is 0 Å². The Labute approximate surface area is 98.0 Å². The maximum atomic E-state index is 11.3. The van der Waals surface area contributed by atoms with Gasteiger partial charge in [0.05, 0.1) is 0 Å². The van der Waals surface area contributed by atoms with Gasteiger partial charge < -0.3 is 4.52 Å². The van der Waals surface area contributed by atoms with Gasteiger partial charge in [-0.2, -0.15) is 0 Å². The van der Waals surface area contributed by atoms with Crippen LogP contribution in [0.4, 0.5) is 0 Å². The van der Waals surface area contributed by atoms with E-state index in [0.717, 1.165) is 0 Å². The number of phosphoric acid groups is 1. The van der Waals surface area contributed by atoms with Crippen LogP contribution in [0.5, 0.6) is 5.75 Å². The highest BCUT2D eigenvalue weighted by molar-refractivity contribution is 7.47. The molecular formula is C10H11O6P. The molecule has 0 fully saturated rings. The van der Waals surface area contributed by atoms with E-state index >= 15 is 0 Å².